The second-order valence-corrected chi connectivity index (χ2v) is 7.10. The highest BCUT2D eigenvalue weighted by molar-refractivity contribution is 6.10. The summed E-state index contributed by atoms with van der Waals surface area (Å²) < 4.78 is 11.4. The molecule has 7 nitrogen and oxygen atoms in total. The number of carbonyl (C=O) groups is 2. The lowest BCUT2D eigenvalue weighted by Crippen LogP contribution is -2.47. The zero-order valence-corrected chi connectivity index (χ0v) is 16.7. The summed E-state index contributed by atoms with van der Waals surface area (Å²) in [6.45, 7) is 0. The van der Waals surface area contributed by atoms with Crippen molar-refractivity contribution < 1.29 is 18.7 Å². The fourth-order valence-electron chi connectivity index (χ4n) is 3.65. The summed E-state index contributed by atoms with van der Waals surface area (Å²) >= 11 is 0. The van der Waals surface area contributed by atoms with Gasteiger partial charge in [0.25, 0.3) is 5.91 Å². The molecule has 7 heteroatoms. The number of hydrogen-bond acceptors (Lipinski definition) is 5. The van der Waals surface area contributed by atoms with E-state index in [1.165, 1.54) is 5.01 Å². The molecule has 2 amide bonds. The Morgan fingerprint density at radius 2 is 1.81 bits per heavy atom. The van der Waals surface area contributed by atoms with E-state index in [1.54, 1.807) is 31.4 Å². The minimum Gasteiger partial charge on any atom is -0.495 e. The van der Waals surface area contributed by atoms with Gasteiger partial charge in [-0.1, -0.05) is 36.4 Å². The van der Waals surface area contributed by atoms with E-state index in [-0.39, 0.29) is 23.9 Å². The second kappa shape index (κ2) is 7.53. The Morgan fingerprint density at radius 3 is 2.61 bits per heavy atom. The maximum absolute atomic E-state index is 13.0. The largest absolute Gasteiger partial charge is 0.495 e. The molecule has 0 radical (unpaired) electrons. The molecule has 0 atom stereocenters. The van der Waals surface area contributed by atoms with E-state index in [4.69, 9.17) is 9.15 Å². The highest BCUT2D eigenvalue weighted by Crippen LogP contribution is 2.36. The summed E-state index contributed by atoms with van der Waals surface area (Å²) in [6, 6.07) is 20.4. The van der Waals surface area contributed by atoms with E-state index in [0.717, 1.165) is 16.4 Å². The highest BCUT2D eigenvalue weighted by atomic mass is 16.5. The predicted molar refractivity (Wildman–Crippen MR) is 119 cm³/mol. The number of benzene rings is 3. The number of para-hydroxylation sites is 2. The maximum Gasteiger partial charge on any atom is 0.273 e. The number of nitrogens with one attached hydrogen (secondary N) is 2. The fraction of sp³-hybridized carbons (Fsp3) is 0.0833. The minimum atomic E-state index is -0.387. The topological polar surface area (TPSA) is 83.8 Å². The molecule has 0 saturated heterocycles. The van der Waals surface area contributed by atoms with Gasteiger partial charge < -0.3 is 14.5 Å². The summed E-state index contributed by atoms with van der Waals surface area (Å²) in [6.07, 6.45) is 1.69. The summed E-state index contributed by atoms with van der Waals surface area (Å²) in [5.41, 5.74) is 5.72. The van der Waals surface area contributed by atoms with Gasteiger partial charge in [0.1, 0.15) is 22.6 Å². The van der Waals surface area contributed by atoms with Gasteiger partial charge in [0.15, 0.2) is 0 Å². The van der Waals surface area contributed by atoms with Gasteiger partial charge in [-0.3, -0.25) is 15.0 Å². The van der Waals surface area contributed by atoms with Crippen molar-refractivity contribution in [3.05, 3.63) is 78.5 Å². The van der Waals surface area contributed by atoms with Gasteiger partial charge in [0.2, 0.25) is 5.91 Å². The summed E-state index contributed by atoms with van der Waals surface area (Å²) in [5, 5.41) is 6.11. The normalized spacial score (nSPS) is 13.8. The van der Waals surface area contributed by atoms with Crippen molar-refractivity contribution >= 4 is 45.1 Å². The van der Waals surface area contributed by atoms with Crippen molar-refractivity contribution in [2.75, 3.05) is 17.4 Å². The third kappa shape index (κ3) is 3.36. The van der Waals surface area contributed by atoms with E-state index < -0.39 is 0 Å². The molecule has 31 heavy (non-hydrogen) atoms. The molecule has 0 aliphatic carbocycles. The van der Waals surface area contributed by atoms with Gasteiger partial charge in [0, 0.05) is 23.3 Å². The van der Waals surface area contributed by atoms with Crippen LogP contribution in [0, 0.1) is 0 Å². The molecule has 0 bridgehead atoms. The first kappa shape index (κ1) is 18.7. The second-order valence-electron chi connectivity index (χ2n) is 7.10. The molecular weight excluding hydrogens is 394 g/mol. The number of ether oxygens (including phenoxy) is 1. The summed E-state index contributed by atoms with van der Waals surface area (Å²) in [5.74, 6) is -0.0222. The first-order valence-electron chi connectivity index (χ1n) is 9.79. The third-order valence-electron chi connectivity index (χ3n) is 5.17. The number of amides is 2. The van der Waals surface area contributed by atoms with E-state index in [2.05, 4.69) is 10.7 Å². The molecule has 5 rings (SSSR count). The van der Waals surface area contributed by atoms with Gasteiger partial charge in [-0.2, -0.15) is 0 Å². The van der Waals surface area contributed by atoms with E-state index in [9.17, 15) is 9.59 Å². The smallest absolute Gasteiger partial charge is 0.273 e. The molecule has 0 spiro atoms. The van der Waals surface area contributed by atoms with Gasteiger partial charge in [0.05, 0.1) is 18.5 Å². The number of hydrazine groups is 1. The van der Waals surface area contributed by atoms with Crippen molar-refractivity contribution in [3.63, 3.8) is 0 Å². The molecule has 1 aliphatic rings. The molecule has 3 aromatic carbocycles. The van der Waals surface area contributed by atoms with Crippen LogP contribution in [0.15, 0.2) is 82.9 Å². The van der Waals surface area contributed by atoms with Crippen LogP contribution >= 0.6 is 0 Å². The number of methoxy groups -OCH3 is 1. The zero-order chi connectivity index (χ0) is 21.4. The van der Waals surface area contributed by atoms with E-state index >= 15 is 0 Å². The van der Waals surface area contributed by atoms with Crippen molar-refractivity contribution in [2.45, 2.75) is 6.42 Å². The van der Waals surface area contributed by atoms with Crippen molar-refractivity contribution in [1.29, 1.82) is 0 Å². The summed E-state index contributed by atoms with van der Waals surface area (Å²) in [4.78, 5) is 25.3. The number of fused-ring (bicyclic) bond motifs is 3. The molecule has 0 saturated carbocycles. The SMILES string of the molecule is COc1cc2c(cc1NC(=O)C1=CCC(=O)N(c3ccccc3)N1)oc1ccccc12. The molecule has 0 unspecified atom stereocenters. The Labute approximate surface area is 177 Å². The van der Waals surface area contributed by atoms with Gasteiger partial charge >= 0.3 is 0 Å². The van der Waals surface area contributed by atoms with Gasteiger partial charge in [-0.25, -0.2) is 5.01 Å². The van der Waals surface area contributed by atoms with Crippen LogP contribution in [-0.4, -0.2) is 18.9 Å². The lowest BCUT2D eigenvalue weighted by atomic mass is 10.1. The Kier molecular flexibility index (Phi) is 4.55. The summed E-state index contributed by atoms with van der Waals surface area (Å²) in [7, 11) is 1.55. The quantitative estimate of drug-likeness (QED) is 0.519. The minimum absolute atomic E-state index is 0.115. The molecule has 4 aromatic rings. The predicted octanol–water partition coefficient (Wildman–Crippen LogP) is 4.36. The Morgan fingerprint density at radius 1 is 1.03 bits per heavy atom. The molecule has 2 heterocycles. The standard InChI is InChI=1S/C24H19N3O4/c1-30-22-13-17-16-9-5-6-10-20(16)31-21(17)14-19(22)25-24(29)18-11-12-23(28)27(26-18)15-7-3-2-4-8-15/h2-11,13-14,26H,12H2,1H3,(H,25,29). The Hall–Kier alpha value is -4.26. The van der Waals surface area contributed by atoms with E-state index in [0.29, 0.717) is 22.7 Å². The van der Waals surface area contributed by atoms with Gasteiger partial charge in [-0.15, -0.1) is 0 Å². The first-order chi connectivity index (χ1) is 15.1. The van der Waals surface area contributed by atoms with E-state index in [1.807, 2.05) is 48.5 Å². The molecule has 0 fully saturated rings. The Bertz CT molecular complexity index is 1340. The van der Waals surface area contributed by atoms with Crippen molar-refractivity contribution in [2.24, 2.45) is 0 Å². The van der Waals surface area contributed by atoms with Crippen LogP contribution in [0.5, 0.6) is 5.75 Å². The number of anilines is 2. The lowest BCUT2D eigenvalue weighted by Gasteiger charge is -2.28. The lowest BCUT2D eigenvalue weighted by molar-refractivity contribution is -0.119. The van der Waals surface area contributed by atoms with Crippen LogP contribution in [0.25, 0.3) is 21.9 Å². The number of carbonyl (C=O) groups excluding carboxylic acids is 2. The maximum atomic E-state index is 13.0. The molecule has 2 N–H and O–H groups in total. The first-order valence-corrected chi connectivity index (χ1v) is 9.79. The molecule has 1 aliphatic heterocycles. The van der Waals surface area contributed by atoms with Crippen LogP contribution < -0.4 is 20.5 Å². The van der Waals surface area contributed by atoms with Crippen LogP contribution in [0.2, 0.25) is 0 Å². The molecule has 1 aromatic heterocycles. The molecular formula is C24H19N3O4. The fourth-order valence-corrected chi connectivity index (χ4v) is 3.65. The average molecular weight is 413 g/mol. The van der Waals surface area contributed by atoms with Crippen LogP contribution in [0.4, 0.5) is 11.4 Å². The number of furan rings is 1. The number of nitrogens with zero attached hydrogens (tertiary/aromatic N) is 1. The van der Waals surface area contributed by atoms with Crippen LogP contribution in [-0.2, 0) is 9.59 Å². The Balaban J connectivity index is 1.44. The molecule has 154 valence electrons. The van der Waals surface area contributed by atoms with Crippen LogP contribution in [0.3, 0.4) is 0 Å². The monoisotopic (exact) mass is 413 g/mol. The number of hydrogen-bond donors (Lipinski definition) is 2. The van der Waals surface area contributed by atoms with Crippen molar-refractivity contribution in [3.8, 4) is 5.75 Å². The zero-order valence-electron chi connectivity index (χ0n) is 16.7. The number of rotatable bonds is 4. The van der Waals surface area contributed by atoms with Crippen molar-refractivity contribution in [1.82, 2.24) is 5.43 Å². The third-order valence-corrected chi connectivity index (χ3v) is 5.17. The van der Waals surface area contributed by atoms with Gasteiger partial charge in [-0.05, 0) is 30.3 Å². The highest BCUT2D eigenvalue weighted by Gasteiger charge is 2.25. The van der Waals surface area contributed by atoms with Crippen LogP contribution in [0.1, 0.15) is 6.42 Å². The average Bonchev–Trinajstić information content (AvgIpc) is 3.16.